The Balaban J connectivity index is 2.41. The number of hydrogen-bond donors (Lipinski definition) is 1. The molecule has 0 spiro atoms. The van der Waals surface area contributed by atoms with Crippen molar-refractivity contribution in [3.8, 4) is 0 Å². The molecule has 0 amide bonds. The third-order valence-corrected chi connectivity index (χ3v) is 3.57. The first-order valence-electron chi connectivity index (χ1n) is 4.99. The highest BCUT2D eigenvalue weighted by molar-refractivity contribution is 9.10. The van der Waals surface area contributed by atoms with Gasteiger partial charge in [0.25, 0.3) is 0 Å². The molecular weight excluding hydrogens is 240 g/mol. The van der Waals surface area contributed by atoms with E-state index in [-0.39, 0.29) is 0 Å². The van der Waals surface area contributed by atoms with Crippen molar-refractivity contribution in [2.75, 3.05) is 23.8 Å². The molecule has 2 nitrogen and oxygen atoms in total. The normalized spacial score (nSPS) is 20.2. The Morgan fingerprint density at radius 3 is 3.07 bits per heavy atom. The summed E-state index contributed by atoms with van der Waals surface area (Å²) < 4.78 is 1.15. The van der Waals surface area contributed by atoms with Crippen LogP contribution in [-0.4, -0.2) is 19.6 Å². The molecule has 0 radical (unpaired) electrons. The fourth-order valence-corrected chi connectivity index (χ4v) is 2.45. The molecule has 1 aromatic rings. The largest absolute Gasteiger partial charge is 0.380 e. The summed E-state index contributed by atoms with van der Waals surface area (Å²) in [6.07, 6.45) is 1.18. The second kappa shape index (κ2) is 3.81. The zero-order valence-electron chi connectivity index (χ0n) is 8.55. The van der Waals surface area contributed by atoms with E-state index in [0.717, 1.165) is 11.0 Å². The SMILES string of the molecule is CCC1CNc2c(Br)cccc2N1C. The highest BCUT2D eigenvalue weighted by Crippen LogP contribution is 2.36. The van der Waals surface area contributed by atoms with Crippen LogP contribution in [0.1, 0.15) is 13.3 Å². The number of nitrogens with one attached hydrogen (secondary N) is 1. The second-order valence-corrected chi connectivity index (χ2v) is 4.54. The van der Waals surface area contributed by atoms with Crippen LogP contribution in [0.15, 0.2) is 22.7 Å². The smallest absolute Gasteiger partial charge is 0.0723 e. The molecule has 2 rings (SSSR count). The maximum atomic E-state index is 3.56. The topological polar surface area (TPSA) is 15.3 Å². The number of para-hydroxylation sites is 1. The zero-order valence-corrected chi connectivity index (χ0v) is 10.1. The lowest BCUT2D eigenvalue weighted by Gasteiger charge is -2.36. The van der Waals surface area contributed by atoms with E-state index in [9.17, 15) is 0 Å². The van der Waals surface area contributed by atoms with Gasteiger partial charge in [-0.05, 0) is 34.5 Å². The van der Waals surface area contributed by atoms with Crippen molar-refractivity contribution in [1.29, 1.82) is 0 Å². The number of fused-ring (bicyclic) bond motifs is 1. The van der Waals surface area contributed by atoms with Gasteiger partial charge in [-0.25, -0.2) is 0 Å². The minimum absolute atomic E-state index is 0.608. The van der Waals surface area contributed by atoms with Gasteiger partial charge in [0.05, 0.1) is 11.4 Å². The van der Waals surface area contributed by atoms with Crippen LogP contribution in [0.25, 0.3) is 0 Å². The van der Waals surface area contributed by atoms with E-state index in [1.165, 1.54) is 17.8 Å². The average molecular weight is 255 g/mol. The Morgan fingerprint density at radius 1 is 1.57 bits per heavy atom. The number of nitrogens with zero attached hydrogens (tertiary/aromatic N) is 1. The number of likely N-dealkylation sites (N-methyl/N-ethyl adjacent to an activating group) is 1. The molecule has 1 N–H and O–H groups in total. The average Bonchev–Trinajstić information content (AvgIpc) is 2.20. The van der Waals surface area contributed by atoms with Gasteiger partial charge in [0, 0.05) is 24.1 Å². The van der Waals surface area contributed by atoms with Crippen molar-refractivity contribution in [1.82, 2.24) is 0 Å². The third kappa shape index (κ3) is 1.50. The Bertz CT molecular complexity index is 338. The highest BCUT2D eigenvalue weighted by atomic mass is 79.9. The van der Waals surface area contributed by atoms with E-state index < -0.39 is 0 Å². The van der Waals surface area contributed by atoms with Gasteiger partial charge in [0.2, 0.25) is 0 Å². The van der Waals surface area contributed by atoms with E-state index in [2.05, 4.69) is 58.3 Å². The summed E-state index contributed by atoms with van der Waals surface area (Å²) in [5, 5.41) is 3.47. The first-order chi connectivity index (χ1) is 6.74. The van der Waals surface area contributed by atoms with Gasteiger partial charge >= 0.3 is 0 Å². The third-order valence-electron chi connectivity index (χ3n) is 2.91. The number of anilines is 2. The standard InChI is InChI=1S/C11H15BrN2/c1-3-8-7-13-11-9(12)5-4-6-10(11)14(8)2/h4-6,8,13H,3,7H2,1-2H3. The quantitative estimate of drug-likeness (QED) is 0.829. The minimum Gasteiger partial charge on any atom is -0.380 e. The Hall–Kier alpha value is -0.700. The van der Waals surface area contributed by atoms with Crippen molar-refractivity contribution in [3.63, 3.8) is 0 Å². The Labute approximate surface area is 93.4 Å². The second-order valence-electron chi connectivity index (χ2n) is 3.69. The minimum atomic E-state index is 0.608. The maximum Gasteiger partial charge on any atom is 0.0723 e. The van der Waals surface area contributed by atoms with Gasteiger partial charge in [0.1, 0.15) is 0 Å². The molecule has 1 aliphatic heterocycles. The summed E-state index contributed by atoms with van der Waals surface area (Å²) in [5.74, 6) is 0. The Kier molecular flexibility index (Phi) is 2.68. The summed E-state index contributed by atoms with van der Waals surface area (Å²) >= 11 is 3.56. The lowest BCUT2D eigenvalue weighted by molar-refractivity contribution is 0.622. The van der Waals surface area contributed by atoms with Gasteiger partial charge in [-0.2, -0.15) is 0 Å². The predicted octanol–water partition coefficient (Wildman–Crippen LogP) is 3.09. The van der Waals surface area contributed by atoms with Gasteiger partial charge in [-0.3, -0.25) is 0 Å². The van der Waals surface area contributed by atoms with E-state index in [1.807, 2.05) is 0 Å². The van der Waals surface area contributed by atoms with E-state index in [4.69, 9.17) is 0 Å². The van der Waals surface area contributed by atoms with Crippen LogP contribution in [0.5, 0.6) is 0 Å². The maximum absolute atomic E-state index is 3.56. The van der Waals surface area contributed by atoms with Crippen LogP contribution >= 0.6 is 15.9 Å². The molecule has 1 aromatic carbocycles. The predicted molar refractivity (Wildman–Crippen MR) is 65.1 cm³/mol. The summed E-state index contributed by atoms with van der Waals surface area (Å²) in [4.78, 5) is 2.36. The van der Waals surface area contributed by atoms with E-state index in [0.29, 0.717) is 6.04 Å². The van der Waals surface area contributed by atoms with Crippen LogP contribution in [0.2, 0.25) is 0 Å². The molecule has 3 heteroatoms. The van der Waals surface area contributed by atoms with Crippen molar-refractivity contribution in [2.24, 2.45) is 0 Å². The molecule has 14 heavy (non-hydrogen) atoms. The fraction of sp³-hybridized carbons (Fsp3) is 0.455. The molecule has 0 aromatic heterocycles. The van der Waals surface area contributed by atoms with E-state index >= 15 is 0 Å². The van der Waals surface area contributed by atoms with Gasteiger partial charge in [-0.15, -0.1) is 0 Å². The van der Waals surface area contributed by atoms with Crippen LogP contribution in [-0.2, 0) is 0 Å². The molecule has 0 fully saturated rings. The molecular formula is C11H15BrN2. The Morgan fingerprint density at radius 2 is 2.36 bits per heavy atom. The van der Waals surface area contributed by atoms with Crippen LogP contribution in [0.4, 0.5) is 11.4 Å². The summed E-state index contributed by atoms with van der Waals surface area (Å²) in [6.45, 7) is 3.26. The summed E-state index contributed by atoms with van der Waals surface area (Å²) in [5.41, 5.74) is 2.51. The molecule has 0 saturated heterocycles. The molecule has 0 bridgehead atoms. The molecule has 1 heterocycles. The lowest BCUT2D eigenvalue weighted by atomic mass is 10.1. The van der Waals surface area contributed by atoms with Crippen LogP contribution in [0.3, 0.4) is 0 Å². The molecule has 1 unspecified atom stereocenters. The van der Waals surface area contributed by atoms with Crippen molar-refractivity contribution < 1.29 is 0 Å². The van der Waals surface area contributed by atoms with Gasteiger partial charge in [0.15, 0.2) is 0 Å². The zero-order chi connectivity index (χ0) is 10.1. The fourth-order valence-electron chi connectivity index (χ4n) is 1.95. The van der Waals surface area contributed by atoms with Crippen LogP contribution in [0, 0.1) is 0 Å². The van der Waals surface area contributed by atoms with Crippen molar-refractivity contribution >= 4 is 27.3 Å². The number of benzene rings is 1. The number of hydrogen-bond acceptors (Lipinski definition) is 2. The molecule has 1 atom stereocenters. The van der Waals surface area contributed by atoms with Crippen LogP contribution < -0.4 is 10.2 Å². The summed E-state index contributed by atoms with van der Waals surface area (Å²) in [7, 11) is 2.17. The number of rotatable bonds is 1. The lowest BCUT2D eigenvalue weighted by Crippen LogP contribution is -2.41. The molecule has 76 valence electrons. The monoisotopic (exact) mass is 254 g/mol. The van der Waals surface area contributed by atoms with Gasteiger partial charge in [-0.1, -0.05) is 13.0 Å². The summed E-state index contributed by atoms with van der Waals surface area (Å²) in [6, 6.07) is 6.93. The van der Waals surface area contributed by atoms with Crippen molar-refractivity contribution in [2.45, 2.75) is 19.4 Å². The first kappa shape index (κ1) is 9.84. The highest BCUT2D eigenvalue weighted by Gasteiger charge is 2.22. The molecule has 0 aliphatic carbocycles. The molecule has 1 aliphatic rings. The number of halogens is 1. The van der Waals surface area contributed by atoms with E-state index in [1.54, 1.807) is 0 Å². The van der Waals surface area contributed by atoms with Crippen molar-refractivity contribution in [3.05, 3.63) is 22.7 Å². The molecule has 0 saturated carbocycles. The first-order valence-corrected chi connectivity index (χ1v) is 5.78. The van der Waals surface area contributed by atoms with Gasteiger partial charge < -0.3 is 10.2 Å².